The van der Waals surface area contributed by atoms with Crippen molar-refractivity contribution in [2.24, 2.45) is 0 Å². The van der Waals surface area contributed by atoms with E-state index in [9.17, 15) is 4.79 Å². The van der Waals surface area contributed by atoms with Crippen LogP contribution in [0.15, 0.2) is 16.6 Å². The van der Waals surface area contributed by atoms with Crippen LogP contribution in [0, 0.1) is 0 Å². The van der Waals surface area contributed by atoms with Crippen LogP contribution >= 0.6 is 15.9 Å². The predicted octanol–water partition coefficient (Wildman–Crippen LogP) is 3.14. The van der Waals surface area contributed by atoms with Crippen molar-refractivity contribution in [1.82, 2.24) is 5.32 Å². The average Bonchev–Trinajstić information content (AvgIpc) is 2.36. The fraction of sp³-hybridized carbons (Fsp3) is 0.500. The third-order valence-corrected chi connectivity index (χ3v) is 4.25. The van der Waals surface area contributed by atoms with E-state index in [1.807, 2.05) is 0 Å². The summed E-state index contributed by atoms with van der Waals surface area (Å²) in [4.78, 5) is 12.3. The number of halogens is 1. The first-order chi connectivity index (χ1) is 8.99. The van der Waals surface area contributed by atoms with Gasteiger partial charge < -0.3 is 14.8 Å². The van der Waals surface area contributed by atoms with Crippen molar-refractivity contribution in [3.8, 4) is 11.5 Å². The van der Waals surface area contributed by atoms with Gasteiger partial charge in [0.25, 0.3) is 5.91 Å². The molecule has 4 nitrogen and oxygen atoms in total. The first-order valence-corrected chi connectivity index (χ1v) is 7.02. The van der Waals surface area contributed by atoms with Gasteiger partial charge in [-0.15, -0.1) is 0 Å². The summed E-state index contributed by atoms with van der Waals surface area (Å²) in [5.41, 5.74) is 0.495. The summed E-state index contributed by atoms with van der Waals surface area (Å²) in [5, 5.41) is 3.07. The van der Waals surface area contributed by atoms with Crippen LogP contribution in [0.3, 0.4) is 0 Å². The zero-order valence-electron chi connectivity index (χ0n) is 11.4. The highest BCUT2D eigenvalue weighted by molar-refractivity contribution is 9.10. The monoisotopic (exact) mass is 327 g/mol. The third kappa shape index (κ3) is 2.86. The zero-order chi connectivity index (χ0) is 14.0. The molecule has 1 fully saturated rings. The van der Waals surface area contributed by atoms with Gasteiger partial charge >= 0.3 is 0 Å². The largest absolute Gasteiger partial charge is 0.493 e. The van der Waals surface area contributed by atoms with E-state index in [1.54, 1.807) is 26.4 Å². The van der Waals surface area contributed by atoms with E-state index in [-0.39, 0.29) is 11.4 Å². The molecule has 0 atom stereocenters. The van der Waals surface area contributed by atoms with Gasteiger partial charge in [-0.25, -0.2) is 0 Å². The van der Waals surface area contributed by atoms with E-state index in [4.69, 9.17) is 9.47 Å². The maximum Gasteiger partial charge on any atom is 0.252 e. The van der Waals surface area contributed by atoms with Crippen LogP contribution in [-0.2, 0) is 0 Å². The van der Waals surface area contributed by atoms with Crippen molar-refractivity contribution in [3.05, 3.63) is 22.2 Å². The van der Waals surface area contributed by atoms with E-state index in [1.165, 1.54) is 6.42 Å². The van der Waals surface area contributed by atoms with Gasteiger partial charge in [0.1, 0.15) is 0 Å². The second-order valence-corrected chi connectivity index (χ2v) is 5.91. The van der Waals surface area contributed by atoms with Crippen LogP contribution in [0.2, 0.25) is 0 Å². The lowest BCUT2D eigenvalue weighted by molar-refractivity contribution is 0.0849. The number of carbonyl (C=O) groups is 1. The average molecular weight is 328 g/mol. The lowest BCUT2D eigenvalue weighted by atomic mass is 9.78. The lowest BCUT2D eigenvalue weighted by Gasteiger charge is -2.39. The van der Waals surface area contributed by atoms with E-state index in [0.717, 1.165) is 12.8 Å². The van der Waals surface area contributed by atoms with Gasteiger partial charge in [0.15, 0.2) is 11.5 Å². The maximum atomic E-state index is 12.3. The number of nitrogens with one attached hydrogen (secondary N) is 1. The van der Waals surface area contributed by atoms with E-state index >= 15 is 0 Å². The number of ether oxygens (including phenoxy) is 2. The Bertz CT molecular complexity index is 498. The molecule has 0 saturated heterocycles. The topological polar surface area (TPSA) is 47.6 Å². The Morgan fingerprint density at radius 3 is 2.32 bits per heavy atom. The molecule has 1 aliphatic rings. The normalized spacial score (nSPS) is 16.4. The number of rotatable bonds is 4. The Labute approximate surface area is 121 Å². The lowest BCUT2D eigenvalue weighted by Crippen LogP contribution is -2.51. The van der Waals surface area contributed by atoms with Crippen LogP contribution in [-0.4, -0.2) is 25.7 Å². The van der Waals surface area contributed by atoms with Gasteiger partial charge in [0, 0.05) is 10.0 Å². The van der Waals surface area contributed by atoms with Crippen molar-refractivity contribution >= 4 is 21.8 Å². The molecule has 1 N–H and O–H groups in total. The molecule has 1 saturated carbocycles. The van der Waals surface area contributed by atoms with Crippen LogP contribution in [0.25, 0.3) is 0 Å². The van der Waals surface area contributed by atoms with Crippen LogP contribution in [0.1, 0.15) is 36.5 Å². The molecule has 5 heteroatoms. The summed E-state index contributed by atoms with van der Waals surface area (Å²) in [6.07, 6.45) is 3.23. The highest BCUT2D eigenvalue weighted by atomic mass is 79.9. The first-order valence-electron chi connectivity index (χ1n) is 6.23. The second-order valence-electron chi connectivity index (χ2n) is 5.06. The molecule has 1 aromatic carbocycles. The number of methoxy groups -OCH3 is 2. The SMILES string of the molecule is COc1cc(Br)c(C(=O)NC2(C)CCC2)cc1OC. The zero-order valence-corrected chi connectivity index (χ0v) is 13.0. The van der Waals surface area contributed by atoms with Gasteiger partial charge in [-0.05, 0) is 54.2 Å². The quantitative estimate of drug-likeness (QED) is 0.924. The molecule has 1 aliphatic carbocycles. The molecule has 1 aromatic rings. The molecule has 104 valence electrons. The van der Waals surface area contributed by atoms with Crippen molar-refractivity contribution < 1.29 is 14.3 Å². The Balaban J connectivity index is 2.26. The molecular formula is C14H18BrNO3. The molecule has 2 rings (SSSR count). The Morgan fingerprint density at radius 1 is 1.26 bits per heavy atom. The predicted molar refractivity (Wildman–Crippen MR) is 77.0 cm³/mol. The van der Waals surface area contributed by atoms with Gasteiger partial charge in [0.2, 0.25) is 0 Å². The molecule has 0 unspecified atom stereocenters. The highest BCUT2D eigenvalue weighted by Crippen LogP contribution is 2.35. The van der Waals surface area contributed by atoms with E-state index in [2.05, 4.69) is 28.2 Å². The Morgan fingerprint density at radius 2 is 1.84 bits per heavy atom. The fourth-order valence-electron chi connectivity index (χ4n) is 2.20. The minimum absolute atomic E-state index is 0.0658. The standard InChI is InChI=1S/C14H18BrNO3/c1-14(5-4-6-14)16-13(17)9-7-11(18-2)12(19-3)8-10(9)15/h7-8H,4-6H2,1-3H3,(H,16,17). The summed E-state index contributed by atoms with van der Waals surface area (Å²) in [7, 11) is 3.13. The smallest absolute Gasteiger partial charge is 0.252 e. The van der Waals surface area contributed by atoms with Gasteiger partial charge in [0.05, 0.1) is 19.8 Å². The summed E-state index contributed by atoms with van der Waals surface area (Å²) >= 11 is 3.40. The van der Waals surface area contributed by atoms with Gasteiger partial charge in [-0.1, -0.05) is 0 Å². The first kappa shape index (κ1) is 14.2. The third-order valence-electron chi connectivity index (χ3n) is 3.59. The van der Waals surface area contributed by atoms with Gasteiger partial charge in [-0.3, -0.25) is 4.79 Å². The van der Waals surface area contributed by atoms with Crippen LogP contribution in [0.4, 0.5) is 0 Å². The number of hydrogen-bond donors (Lipinski definition) is 1. The van der Waals surface area contributed by atoms with Crippen molar-refractivity contribution in [2.75, 3.05) is 14.2 Å². The number of benzene rings is 1. The molecule has 0 spiro atoms. The van der Waals surface area contributed by atoms with Crippen molar-refractivity contribution in [3.63, 3.8) is 0 Å². The molecule has 0 aliphatic heterocycles. The molecular weight excluding hydrogens is 310 g/mol. The van der Waals surface area contributed by atoms with Crippen LogP contribution in [0.5, 0.6) is 11.5 Å². The second kappa shape index (κ2) is 5.41. The summed E-state index contributed by atoms with van der Waals surface area (Å²) < 4.78 is 11.1. The summed E-state index contributed by atoms with van der Waals surface area (Å²) in [5.74, 6) is 1.06. The molecule has 0 bridgehead atoms. The van der Waals surface area contributed by atoms with Gasteiger partial charge in [-0.2, -0.15) is 0 Å². The number of carbonyl (C=O) groups excluding carboxylic acids is 1. The Hall–Kier alpha value is -1.23. The van der Waals surface area contributed by atoms with Crippen molar-refractivity contribution in [1.29, 1.82) is 0 Å². The Kier molecular flexibility index (Phi) is 4.04. The van der Waals surface area contributed by atoms with E-state index in [0.29, 0.717) is 21.5 Å². The molecule has 0 radical (unpaired) electrons. The number of amides is 1. The highest BCUT2D eigenvalue weighted by Gasteiger charge is 2.33. The summed E-state index contributed by atoms with van der Waals surface area (Å²) in [6.45, 7) is 2.07. The van der Waals surface area contributed by atoms with Crippen LogP contribution < -0.4 is 14.8 Å². The molecule has 1 amide bonds. The molecule has 19 heavy (non-hydrogen) atoms. The fourth-order valence-corrected chi connectivity index (χ4v) is 2.70. The number of hydrogen-bond acceptors (Lipinski definition) is 3. The van der Waals surface area contributed by atoms with E-state index < -0.39 is 0 Å². The molecule has 0 aromatic heterocycles. The molecule has 0 heterocycles. The maximum absolute atomic E-state index is 12.3. The minimum atomic E-state index is -0.0879. The minimum Gasteiger partial charge on any atom is -0.493 e. The summed E-state index contributed by atoms with van der Waals surface area (Å²) in [6, 6.07) is 3.44. The van der Waals surface area contributed by atoms with Crippen molar-refractivity contribution in [2.45, 2.75) is 31.7 Å².